The van der Waals surface area contributed by atoms with Crippen LogP contribution >= 0.6 is 0 Å². The van der Waals surface area contributed by atoms with E-state index in [0.29, 0.717) is 0 Å². The van der Waals surface area contributed by atoms with Crippen LogP contribution in [0.2, 0.25) is 0 Å². The lowest BCUT2D eigenvalue weighted by Crippen LogP contribution is -2.26. The van der Waals surface area contributed by atoms with Gasteiger partial charge < -0.3 is 5.32 Å². The molecule has 2 rings (SSSR count). The van der Waals surface area contributed by atoms with E-state index >= 15 is 0 Å². The molecule has 9 heavy (non-hydrogen) atoms. The molecule has 0 aromatic rings. The molecule has 0 aromatic heterocycles. The van der Waals surface area contributed by atoms with Gasteiger partial charge in [0.1, 0.15) is 0 Å². The standard InChI is InChI=1S/C8H15N/c1-2-9-7-6-8(7)4-3-5-8/h7,9H,2-6H2,1H3. The van der Waals surface area contributed by atoms with E-state index in [1.165, 1.54) is 25.7 Å². The Balaban J connectivity index is 1.80. The first-order valence-corrected chi connectivity index (χ1v) is 4.11. The van der Waals surface area contributed by atoms with Crippen molar-refractivity contribution >= 4 is 0 Å². The molecule has 2 aliphatic rings. The van der Waals surface area contributed by atoms with Gasteiger partial charge in [-0.2, -0.15) is 0 Å². The van der Waals surface area contributed by atoms with Crippen LogP contribution in [0.15, 0.2) is 0 Å². The van der Waals surface area contributed by atoms with E-state index < -0.39 is 0 Å². The van der Waals surface area contributed by atoms with Gasteiger partial charge in [0.25, 0.3) is 0 Å². The highest BCUT2D eigenvalue weighted by atomic mass is 15.0. The second-order valence-corrected chi connectivity index (χ2v) is 3.53. The largest absolute Gasteiger partial charge is 0.314 e. The van der Waals surface area contributed by atoms with Gasteiger partial charge >= 0.3 is 0 Å². The van der Waals surface area contributed by atoms with E-state index in [4.69, 9.17) is 0 Å². The van der Waals surface area contributed by atoms with Crippen LogP contribution < -0.4 is 5.32 Å². The lowest BCUT2D eigenvalue weighted by atomic mass is 9.81. The van der Waals surface area contributed by atoms with Crippen molar-refractivity contribution in [2.45, 2.75) is 38.6 Å². The molecule has 1 N–H and O–H groups in total. The second-order valence-electron chi connectivity index (χ2n) is 3.53. The van der Waals surface area contributed by atoms with Crippen LogP contribution in [0.25, 0.3) is 0 Å². The molecule has 1 heteroatoms. The maximum atomic E-state index is 3.51. The Labute approximate surface area is 56.8 Å². The molecular weight excluding hydrogens is 110 g/mol. The van der Waals surface area contributed by atoms with Crippen molar-refractivity contribution in [2.24, 2.45) is 5.41 Å². The molecule has 0 bridgehead atoms. The maximum Gasteiger partial charge on any atom is 0.0130 e. The van der Waals surface area contributed by atoms with E-state index in [9.17, 15) is 0 Å². The Morgan fingerprint density at radius 1 is 1.56 bits per heavy atom. The van der Waals surface area contributed by atoms with Gasteiger partial charge in [-0.05, 0) is 31.2 Å². The summed E-state index contributed by atoms with van der Waals surface area (Å²) in [7, 11) is 0. The third-order valence-corrected chi connectivity index (χ3v) is 2.99. The van der Waals surface area contributed by atoms with Crippen LogP contribution in [0, 0.1) is 5.41 Å². The van der Waals surface area contributed by atoms with Crippen molar-refractivity contribution in [2.75, 3.05) is 6.54 Å². The first-order chi connectivity index (χ1) is 4.37. The Morgan fingerprint density at radius 2 is 2.33 bits per heavy atom. The van der Waals surface area contributed by atoms with Crippen LogP contribution in [0.3, 0.4) is 0 Å². The average Bonchev–Trinajstić information content (AvgIpc) is 2.41. The molecule has 0 saturated heterocycles. The smallest absolute Gasteiger partial charge is 0.0130 e. The van der Waals surface area contributed by atoms with Crippen LogP contribution in [-0.4, -0.2) is 12.6 Å². The quantitative estimate of drug-likeness (QED) is 0.590. The number of hydrogen-bond acceptors (Lipinski definition) is 1. The fourth-order valence-electron chi connectivity index (χ4n) is 2.07. The minimum atomic E-state index is 0.829. The summed E-state index contributed by atoms with van der Waals surface area (Å²) in [4.78, 5) is 0. The van der Waals surface area contributed by atoms with E-state index in [-0.39, 0.29) is 0 Å². The van der Waals surface area contributed by atoms with Gasteiger partial charge in [-0.15, -0.1) is 0 Å². The molecule has 0 aromatic carbocycles. The Kier molecular flexibility index (Phi) is 1.10. The van der Waals surface area contributed by atoms with Crippen molar-refractivity contribution in [3.63, 3.8) is 0 Å². The Hall–Kier alpha value is -0.0400. The van der Waals surface area contributed by atoms with Crippen LogP contribution in [0.1, 0.15) is 32.6 Å². The summed E-state index contributed by atoms with van der Waals surface area (Å²) in [5, 5.41) is 3.51. The lowest BCUT2D eigenvalue weighted by molar-refractivity contribution is 0.266. The fourth-order valence-corrected chi connectivity index (χ4v) is 2.07. The lowest BCUT2D eigenvalue weighted by Gasteiger charge is -2.26. The summed E-state index contributed by atoms with van der Waals surface area (Å²) in [6, 6.07) is 0.913. The summed E-state index contributed by atoms with van der Waals surface area (Å²) in [5.41, 5.74) is 0.829. The average molecular weight is 125 g/mol. The summed E-state index contributed by atoms with van der Waals surface area (Å²) < 4.78 is 0. The number of nitrogens with one attached hydrogen (secondary N) is 1. The van der Waals surface area contributed by atoms with Crippen molar-refractivity contribution in [3.8, 4) is 0 Å². The second kappa shape index (κ2) is 1.72. The third kappa shape index (κ3) is 0.710. The van der Waals surface area contributed by atoms with Gasteiger partial charge in [-0.25, -0.2) is 0 Å². The highest BCUT2D eigenvalue weighted by Gasteiger charge is 2.56. The Morgan fingerprint density at radius 3 is 2.67 bits per heavy atom. The van der Waals surface area contributed by atoms with Crippen LogP contribution in [0.5, 0.6) is 0 Å². The first-order valence-electron chi connectivity index (χ1n) is 4.11. The minimum Gasteiger partial charge on any atom is -0.314 e. The molecule has 52 valence electrons. The molecule has 0 amide bonds. The van der Waals surface area contributed by atoms with Gasteiger partial charge in [-0.3, -0.25) is 0 Å². The number of hydrogen-bond donors (Lipinski definition) is 1. The third-order valence-electron chi connectivity index (χ3n) is 2.99. The summed E-state index contributed by atoms with van der Waals surface area (Å²) >= 11 is 0. The maximum absolute atomic E-state index is 3.51. The molecule has 2 aliphatic carbocycles. The molecular formula is C8H15N. The topological polar surface area (TPSA) is 12.0 Å². The molecule has 2 saturated carbocycles. The van der Waals surface area contributed by atoms with Crippen LogP contribution in [-0.2, 0) is 0 Å². The SMILES string of the molecule is CCNC1CC12CCC2. The van der Waals surface area contributed by atoms with Crippen molar-refractivity contribution < 1.29 is 0 Å². The zero-order valence-electron chi connectivity index (χ0n) is 6.11. The molecule has 0 aliphatic heterocycles. The van der Waals surface area contributed by atoms with E-state index in [1.54, 1.807) is 0 Å². The van der Waals surface area contributed by atoms with Gasteiger partial charge in [0, 0.05) is 6.04 Å². The van der Waals surface area contributed by atoms with Gasteiger partial charge in [-0.1, -0.05) is 13.3 Å². The van der Waals surface area contributed by atoms with Gasteiger partial charge in [0.2, 0.25) is 0 Å². The predicted octanol–water partition coefficient (Wildman–Crippen LogP) is 1.54. The highest BCUT2D eigenvalue weighted by molar-refractivity contribution is 5.11. The summed E-state index contributed by atoms with van der Waals surface area (Å²) in [5.74, 6) is 0. The van der Waals surface area contributed by atoms with E-state index in [2.05, 4.69) is 12.2 Å². The molecule has 1 spiro atoms. The summed E-state index contributed by atoms with van der Waals surface area (Å²) in [6.07, 6.45) is 5.97. The summed E-state index contributed by atoms with van der Waals surface area (Å²) in [6.45, 7) is 3.36. The predicted molar refractivity (Wildman–Crippen MR) is 38.4 cm³/mol. The van der Waals surface area contributed by atoms with Crippen molar-refractivity contribution in [3.05, 3.63) is 0 Å². The monoisotopic (exact) mass is 125 g/mol. The van der Waals surface area contributed by atoms with E-state index in [0.717, 1.165) is 18.0 Å². The zero-order valence-corrected chi connectivity index (χ0v) is 6.11. The first kappa shape index (κ1) is 5.72. The van der Waals surface area contributed by atoms with Gasteiger partial charge in [0.15, 0.2) is 0 Å². The van der Waals surface area contributed by atoms with Crippen molar-refractivity contribution in [1.29, 1.82) is 0 Å². The molecule has 0 heterocycles. The van der Waals surface area contributed by atoms with Crippen LogP contribution in [0.4, 0.5) is 0 Å². The molecule has 0 radical (unpaired) electrons. The molecule has 1 atom stereocenters. The molecule has 2 fully saturated rings. The number of rotatable bonds is 2. The van der Waals surface area contributed by atoms with Gasteiger partial charge in [0.05, 0.1) is 0 Å². The Bertz CT molecular complexity index is 114. The molecule has 1 nitrogen and oxygen atoms in total. The minimum absolute atomic E-state index is 0.829. The normalized spacial score (nSPS) is 36.3. The molecule has 1 unspecified atom stereocenters. The fraction of sp³-hybridized carbons (Fsp3) is 1.00. The zero-order chi connectivity index (χ0) is 6.32. The van der Waals surface area contributed by atoms with Crippen molar-refractivity contribution in [1.82, 2.24) is 5.32 Å². The van der Waals surface area contributed by atoms with E-state index in [1.807, 2.05) is 0 Å². The highest BCUT2D eigenvalue weighted by Crippen LogP contribution is 2.60.